The first-order valence-corrected chi connectivity index (χ1v) is 12.2. The van der Waals surface area contributed by atoms with Crippen molar-refractivity contribution in [3.8, 4) is 5.75 Å². The number of hydrogen-bond acceptors (Lipinski definition) is 4. The maximum atomic E-state index is 6.15. The Balaban J connectivity index is 1.23. The van der Waals surface area contributed by atoms with E-state index in [0.29, 0.717) is 6.61 Å². The molecule has 4 aromatic rings. The molecule has 1 fully saturated rings. The monoisotopic (exact) mass is 548 g/mol. The van der Waals surface area contributed by atoms with Gasteiger partial charge in [0.25, 0.3) is 0 Å². The van der Waals surface area contributed by atoms with Gasteiger partial charge in [-0.3, -0.25) is 4.99 Å². The quantitative estimate of drug-likeness (QED) is 0.201. The topological polar surface area (TPSA) is 34.1 Å². The fourth-order valence-electron chi connectivity index (χ4n) is 4.01. The molecule has 0 radical (unpaired) electrons. The van der Waals surface area contributed by atoms with Gasteiger partial charge in [-0.15, -0.1) is 0 Å². The summed E-state index contributed by atoms with van der Waals surface area (Å²) in [5, 5.41) is 2.47. The van der Waals surface area contributed by atoms with Gasteiger partial charge in [-0.05, 0) is 87.0 Å². The molecular weight excluding hydrogens is 523 g/mol. The van der Waals surface area contributed by atoms with Crippen molar-refractivity contribution in [2.24, 2.45) is 4.99 Å². The van der Waals surface area contributed by atoms with Gasteiger partial charge in [0.15, 0.2) is 0 Å². The van der Waals surface area contributed by atoms with E-state index >= 15 is 0 Å². The first-order valence-electron chi connectivity index (χ1n) is 11.1. The lowest BCUT2D eigenvalue weighted by molar-refractivity contribution is 0.122. The molecule has 5 heteroatoms. The van der Waals surface area contributed by atoms with E-state index in [4.69, 9.17) is 9.47 Å². The van der Waals surface area contributed by atoms with Gasteiger partial charge in [-0.1, -0.05) is 42.5 Å². The third-order valence-electron chi connectivity index (χ3n) is 5.81. The largest absolute Gasteiger partial charge is 0.488 e. The van der Waals surface area contributed by atoms with Crippen molar-refractivity contribution in [1.29, 1.82) is 0 Å². The first-order chi connectivity index (χ1) is 16.3. The van der Waals surface area contributed by atoms with Crippen molar-refractivity contribution in [1.82, 2.24) is 0 Å². The summed E-state index contributed by atoms with van der Waals surface area (Å²) in [6, 6.07) is 29.3. The molecule has 0 aromatic heterocycles. The predicted molar refractivity (Wildman–Crippen MR) is 144 cm³/mol. The second kappa shape index (κ2) is 10.4. The van der Waals surface area contributed by atoms with E-state index in [1.807, 2.05) is 18.3 Å². The molecule has 4 nitrogen and oxygen atoms in total. The van der Waals surface area contributed by atoms with Crippen LogP contribution in [0.2, 0.25) is 0 Å². The number of hydrogen-bond donors (Lipinski definition) is 0. The molecule has 1 aliphatic rings. The maximum absolute atomic E-state index is 6.15. The Bertz CT molecular complexity index is 1260. The van der Waals surface area contributed by atoms with Crippen molar-refractivity contribution < 1.29 is 9.47 Å². The van der Waals surface area contributed by atoms with Crippen molar-refractivity contribution in [2.75, 3.05) is 31.2 Å². The van der Waals surface area contributed by atoms with E-state index in [-0.39, 0.29) is 0 Å². The number of aliphatic imine (C=N–C) groups is 1. The third-order valence-corrected chi connectivity index (χ3v) is 6.65. The summed E-state index contributed by atoms with van der Waals surface area (Å²) in [5.41, 5.74) is 4.40. The number of anilines is 1. The van der Waals surface area contributed by atoms with Gasteiger partial charge < -0.3 is 14.4 Å². The summed E-state index contributed by atoms with van der Waals surface area (Å²) in [6.07, 6.45) is 1.90. The second-order valence-electron chi connectivity index (χ2n) is 7.99. The first kappa shape index (κ1) is 21.9. The van der Waals surface area contributed by atoms with E-state index < -0.39 is 0 Å². The summed E-state index contributed by atoms with van der Waals surface area (Å²) in [5.74, 6) is 0.885. The number of rotatable bonds is 6. The molecule has 0 atom stereocenters. The second-order valence-corrected chi connectivity index (χ2v) is 9.15. The van der Waals surface area contributed by atoms with E-state index in [1.54, 1.807) is 0 Å². The molecular formula is C28H25IN2O2. The van der Waals surface area contributed by atoms with Gasteiger partial charge in [0.05, 0.1) is 22.5 Å². The normalized spacial score (nSPS) is 14.2. The smallest absolute Gasteiger partial charge is 0.133 e. The van der Waals surface area contributed by atoms with Crippen LogP contribution in [0.5, 0.6) is 5.75 Å². The Morgan fingerprint density at radius 1 is 0.909 bits per heavy atom. The molecule has 0 saturated carbocycles. The molecule has 166 valence electrons. The van der Waals surface area contributed by atoms with Crippen LogP contribution in [0.4, 0.5) is 11.4 Å². The number of ether oxygens (including phenoxy) is 2. The highest BCUT2D eigenvalue weighted by Gasteiger charge is 2.10. The number of halogens is 1. The number of morpholine rings is 1. The minimum absolute atomic E-state index is 0.542. The van der Waals surface area contributed by atoms with Crippen LogP contribution in [-0.4, -0.2) is 32.5 Å². The predicted octanol–water partition coefficient (Wildman–Crippen LogP) is 6.61. The molecule has 0 spiro atoms. The van der Waals surface area contributed by atoms with Crippen LogP contribution in [0.25, 0.3) is 10.8 Å². The zero-order valence-electron chi connectivity index (χ0n) is 18.3. The van der Waals surface area contributed by atoms with Crippen LogP contribution in [-0.2, 0) is 11.3 Å². The van der Waals surface area contributed by atoms with Crippen molar-refractivity contribution >= 4 is 51.0 Å². The lowest BCUT2D eigenvalue weighted by Gasteiger charge is -2.28. The van der Waals surface area contributed by atoms with E-state index in [2.05, 4.69) is 105 Å². The van der Waals surface area contributed by atoms with Crippen LogP contribution in [0.15, 0.2) is 89.9 Å². The zero-order chi connectivity index (χ0) is 22.5. The van der Waals surface area contributed by atoms with Crippen LogP contribution in [0.3, 0.4) is 0 Å². The molecule has 1 saturated heterocycles. The number of benzene rings is 4. The van der Waals surface area contributed by atoms with Crippen molar-refractivity contribution in [3.05, 3.63) is 99.6 Å². The lowest BCUT2D eigenvalue weighted by atomic mass is 10.1. The van der Waals surface area contributed by atoms with Gasteiger partial charge in [-0.25, -0.2) is 0 Å². The molecule has 1 heterocycles. The molecule has 1 aliphatic heterocycles. The van der Waals surface area contributed by atoms with Crippen LogP contribution in [0.1, 0.15) is 11.1 Å². The SMILES string of the molecule is Ic1cc(C=Nc2ccc(N3CCOCC3)cc2)ccc1OCc1cccc2ccccc12. The average molecular weight is 548 g/mol. The Labute approximate surface area is 208 Å². The van der Waals surface area contributed by atoms with Gasteiger partial charge in [0.2, 0.25) is 0 Å². The molecule has 5 rings (SSSR count). The van der Waals surface area contributed by atoms with Crippen LogP contribution >= 0.6 is 22.6 Å². The maximum Gasteiger partial charge on any atom is 0.133 e. The fraction of sp³-hybridized carbons (Fsp3) is 0.179. The number of fused-ring (bicyclic) bond motifs is 1. The number of nitrogens with zero attached hydrogens (tertiary/aromatic N) is 2. The Hall–Kier alpha value is -2.90. The molecule has 0 amide bonds. The highest BCUT2D eigenvalue weighted by atomic mass is 127. The van der Waals surface area contributed by atoms with Gasteiger partial charge >= 0.3 is 0 Å². The van der Waals surface area contributed by atoms with E-state index in [0.717, 1.165) is 46.9 Å². The van der Waals surface area contributed by atoms with Crippen molar-refractivity contribution in [2.45, 2.75) is 6.61 Å². The molecule has 0 unspecified atom stereocenters. The molecule has 0 aliphatic carbocycles. The van der Waals surface area contributed by atoms with E-state index in [1.165, 1.54) is 22.0 Å². The Morgan fingerprint density at radius 2 is 1.70 bits per heavy atom. The van der Waals surface area contributed by atoms with E-state index in [9.17, 15) is 0 Å². The molecule has 0 bridgehead atoms. The zero-order valence-corrected chi connectivity index (χ0v) is 20.4. The summed E-state index contributed by atoms with van der Waals surface area (Å²) in [7, 11) is 0. The molecule has 0 N–H and O–H groups in total. The Kier molecular flexibility index (Phi) is 6.88. The van der Waals surface area contributed by atoms with Crippen molar-refractivity contribution in [3.63, 3.8) is 0 Å². The average Bonchev–Trinajstić information content (AvgIpc) is 2.88. The molecule has 4 aromatic carbocycles. The summed E-state index contributed by atoms with van der Waals surface area (Å²) in [6.45, 7) is 4.01. The standard InChI is InChI=1S/C28H25IN2O2/c29-27-18-21(19-30-24-9-11-25(12-10-24)31-14-16-32-17-15-31)8-13-28(27)33-20-23-6-3-5-22-4-1-2-7-26(22)23/h1-13,18-19H,14-17,20H2. The summed E-state index contributed by atoms with van der Waals surface area (Å²) >= 11 is 2.33. The summed E-state index contributed by atoms with van der Waals surface area (Å²) < 4.78 is 12.7. The lowest BCUT2D eigenvalue weighted by Crippen LogP contribution is -2.36. The summed E-state index contributed by atoms with van der Waals surface area (Å²) in [4.78, 5) is 6.99. The van der Waals surface area contributed by atoms with Gasteiger partial charge in [0, 0.05) is 25.0 Å². The Morgan fingerprint density at radius 3 is 2.52 bits per heavy atom. The van der Waals surface area contributed by atoms with Gasteiger partial charge in [0.1, 0.15) is 12.4 Å². The minimum Gasteiger partial charge on any atom is -0.488 e. The highest BCUT2D eigenvalue weighted by molar-refractivity contribution is 14.1. The minimum atomic E-state index is 0.542. The fourth-order valence-corrected chi connectivity index (χ4v) is 4.70. The van der Waals surface area contributed by atoms with Crippen LogP contribution < -0.4 is 9.64 Å². The van der Waals surface area contributed by atoms with Gasteiger partial charge in [-0.2, -0.15) is 0 Å². The van der Waals surface area contributed by atoms with Crippen LogP contribution in [0, 0.1) is 3.57 Å². The molecule has 33 heavy (non-hydrogen) atoms. The highest BCUT2D eigenvalue weighted by Crippen LogP contribution is 2.26. The third kappa shape index (κ3) is 5.37.